The van der Waals surface area contributed by atoms with E-state index in [9.17, 15) is 33.6 Å². The first-order valence-electron chi connectivity index (χ1n) is 16.7. The molecule has 7 amide bonds. The number of rotatable bonds is 13. The Morgan fingerprint density at radius 3 is 2.00 bits per heavy atom. The molecule has 3 aliphatic rings. The van der Waals surface area contributed by atoms with E-state index in [2.05, 4.69) is 22.5 Å². The Labute approximate surface area is 283 Å². The summed E-state index contributed by atoms with van der Waals surface area (Å²) in [5.41, 5.74) is 3.91. The van der Waals surface area contributed by atoms with Crippen LogP contribution in [0.1, 0.15) is 74.7 Å². The molecule has 0 aromatic rings. The zero-order valence-corrected chi connectivity index (χ0v) is 29.6. The maximum atomic E-state index is 14.5. The maximum absolute atomic E-state index is 14.5. The fourth-order valence-corrected chi connectivity index (χ4v) is 6.47. The van der Waals surface area contributed by atoms with Crippen molar-refractivity contribution in [1.82, 2.24) is 25.8 Å². The van der Waals surface area contributed by atoms with Crippen LogP contribution in [-0.4, -0.2) is 102 Å². The topological polar surface area (TPSA) is 197 Å². The number of morpholine rings is 1. The second kappa shape index (κ2) is 15.2. The normalized spacial score (nSPS) is 23.7. The number of amides is 7. The van der Waals surface area contributed by atoms with Gasteiger partial charge in [-0.15, -0.1) is 6.58 Å². The second-order valence-corrected chi connectivity index (χ2v) is 15.9. The fraction of sp³-hybridized carbons (Fsp3) is 0.735. The highest BCUT2D eigenvalue weighted by Gasteiger charge is 2.51. The highest BCUT2D eigenvalue weighted by atomic mass is 16.5. The van der Waals surface area contributed by atoms with E-state index in [1.54, 1.807) is 26.8 Å². The Balaban J connectivity index is 1.89. The number of urea groups is 1. The molecule has 5 N–H and O–H groups in total. The van der Waals surface area contributed by atoms with E-state index in [0.717, 1.165) is 17.7 Å². The minimum atomic E-state index is -1.14. The van der Waals surface area contributed by atoms with Gasteiger partial charge in [0.15, 0.2) is 0 Å². The number of carbonyl (C=O) groups is 7. The molecule has 2 aliphatic heterocycles. The van der Waals surface area contributed by atoms with E-state index in [0.29, 0.717) is 0 Å². The highest BCUT2D eigenvalue weighted by Crippen LogP contribution is 2.39. The number of ether oxygens (including phenoxy) is 1. The quantitative estimate of drug-likeness (QED) is 0.127. The van der Waals surface area contributed by atoms with E-state index in [-0.39, 0.29) is 56.4 Å². The third-order valence-electron chi connectivity index (χ3n) is 9.53. The fourth-order valence-electron chi connectivity index (χ4n) is 6.47. The number of carbonyl (C=O) groups excluding carboxylic acids is 7. The van der Waals surface area contributed by atoms with Crippen LogP contribution in [0.4, 0.5) is 4.79 Å². The molecular weight excluding hydrogens is 620 g/mol. The first kappa shape index (κ1) is 38.6. The summed E-state index contributed by atoms with van der Waals surface area (Å²) < 4.78 is 5.01. The molecule has 1 unspecified atom stereocenters. The van der Waals surface area contributed by atoms with Crippen molar-refractivity contribution in [2.24, 2.45) is 40.2 Å². The van der Waals surface area contributed by atoms with Crippen LogP contribution in [0.5, 0.6) is 0 Å². The van der Waals surface area contributed by atoms with E-state index in [1.165, 1.54) is 4.90 Å². The summed E-state index contributed by atoms with van der Waals surface area (Å²) in [7, 11) is 0. The Morgan fingerprint density at radius 1 is 0.958 bits per heavy atom. The number of primary amides is 1. The number of imide groups is 1. The predicted octanol–water partition coefficient (Wildman–Crippen LogP) is 1.12. The molecule has 0 radical (unpaired) electrons. The lowest BCUT2D eigenvalue weighted by Crippen LogP contribution is -2.63. The Hall–Kier alpha value is -3.81. The number of nitrogens with two attached hydrogens (primary N) is 1. The lowest BCUT2D eigenvalue weighted by atomic mass is 9.81. The average molecular weight is 675 g/mol. The van der Waals surface area contributed by atoms with Gasteiger partial charge in [0.25, 0.3) is 17.7 Å². The summed E-state index contributed by atoms with van der Waals surface area (Å²) >= 11 is 0. The van der Waals surface area contributed by atoms with Crippen LogP contribution in [0.3, 0.4) is 0 Å². The van der Waals surface area contributed by atoms with Gasteiger partial charge in [-0.3, -0.25) is 33.7 Å². The number of hydrogen-bond acceptors (Lipinski definition) is 8. The monoisotopic (exact) mass is 674 g/mol. The first-order valence-corrected chi connectivity index (χ1v) is 16.7. The highest BCUT2D eigenvalue weighted by molar-refractivity contribution is 6.37. The summed E-state index contributed by atoms with van der Waals surface area (Å²) in [4.78, 5) is 94.0. The van der Waals surface area contributed by atoms with Crippen LogP contribution in [0.15, 0.2) is 12.7 Å². The Morgan fingerprint density at radius 2 is 1.54 bits per heavy atom. The van der Waals surface area contributed by atoms with Gasteiger partial charge in [-0.2, -0.15) is 0 Å². The minimum Gasteiger partial charge on any atom is -0.363 e. The SMILES string of the molecule is C=C[C@H]1CN(C(=O)[C@@H](NC(=O)N[C@H](CN2C(=O)COCC2=O)C(C)(C)C)C(C)(C)C)[C@H](C(=O)NC(CC2CC2)C(=O)C(N)=O)[C@H]1C(C)C. The van der Waals surface area contributed by atoms with Crippen molar-refractivity contribution in [2.75, 3.05) is 26.3 Å². The number of ketones is 1. The van der Waals surface area contributed by atoms with Gasteiger partial charge in [0.05, 0.1) is 12.1 Å². The van der Waals surface area contributed by atoms with Crippen molar-refractivity contribution in [3.63, 3.8) is 0 Å². The zero-order chi connectivity index (χ0) is 36.3. The molecule has 0 bridgehead atoms. The van der Waals surface area contributed by atoms with E-state index >= 15 is 0 Å². The molecule has 1 aliphatic carbocycles. The van der Waals surface area contributed by atoms with Gasteiger partial charge in [0, 0.05) is 13.1 Å². The van der Waals surface area contributed by atoms with Gasteiger partial charge in [-0.25, -0.2) is 4.79 Å². The van der Waals surface area contributed by atoms with Gasteiger partial charge in [0.2, 0.25) is 17.6 Å². The van der Waals surface area contributed by atoms with Gasteiger partial charge in [-0.05, 0) is 40.9 Å². The number of hydrogen-bond donors (Lipinski definition) is 4. The third-order valence-corrected chi connectivity index (χ3v) is 9.53. The zero-order valence-electron chi connectivity index (χ0n) is 29.6. The summed E-state index contributed by atoms with van der Waals surface area (Å²) in [6, 6.07) is -4.58. The predicted molar refractivity (Wildman–Crippen MR) is 177 cm³/mol. The molecule has 14 heteroatoms. The summed E-state index contributed by atoms with van der Waals surface area (Å²) in [5.74, 6) is -4.59. The molecule has 0 spiro atoms. The first-order chi connectivity index (χ1) is 22.2. The van der Waals surface area contributed by atoms with Crippen LogP contribution < -0.4 is 21.7 Å². The number of nitrogens with one attached hydrogen (secondary N) is 3. The number of likely N-dealkylation sites (tertiary alicyclic amines) is 1. The van der Waals surface area contributed by atoms with Crippen molar-refractivity contribution >= 4 is 41.4 Å². The van der Waals surface area contributed by atoms with E-state index in [4.69, 9.17) is 10.5 Å². The third kappa shape index (κ3) is 9.42. The standard InChI is InChI=1S/C34H54N6O8/c1-10-20-14-40(26(25(20)18(2)3)30(45)36-21(13-19-11-12-19)27(43)29(35)44)31(46)28(34(7,8)9)38-32(47)37-22(33(4,5)6)15-39-23(41)16-48-17-24(39)42/h10,18-22,25-26,28H,1,11-17H2,2-9H3,(H2,35,44)(H,36,45)(H2,37,38,47)/t20-,21?,22+,25-,26-,28+/m0/s1. The van der Waals surface area contributed by atoms with Crippen molar-refractivity contribution in [2.45, 2.75) is 98.8 Å². The van der Waals surface area contributed by atoms with Crippen molar-refractivity contribution in [3.8, 4) is 0 Å². The van der Waals surface area contributed by atoms with E-state index < -0.39 is 76.3 Å². The lowest BCUT2D eigenvalue weighted by Gasteiger charge is -2.39. The molecule has 0 aromatic carbocycles. The molecule has 14 nitrogen and oxygen atoms in total. The Bertz CT molecular complexity index is 1280. The van der Waals surface area contributed by atoms with Crippen molar-refractivity contribution in [3.05, 3.63) is 12.7 Å². The van der Waals surface area contributed by atoms with Crippen LogP contribution in [-0.2, 0) is 33.5 Å². The van der Waals surface area contributed by atoms with Crippen LogP contribution in [0.25, 0.3) is 0 Å². The van der Waals surface area contributed by atoms with Gasteiger partial charge in [-0.1, -0.05) is 74.3 Å². The molecule has 2 saturated heterocycles. The smallest absolute Gasteiger partial charge is 0.315 e. The average Bonchev–Trinajstić information content (AvgIpc) is 3.70. The molecule has 48 heavy (non-hydrogen) atoms. The summed E-state index contributed by atoms with van der Waals surface area (Å²) in [6.07, 6.45) is 3.77. The molecular formula is C34H54N6O8. The van der Waals surface area contributed by atoms with Gasteiger partial charge >= 0.3 is 6.03 Å². The van der Waals surface area contributed by atoms with Crippen molar-refractivity contribution < 1.29 is 38.3 Å². The summed E-state index contributed by atoms with van der Waals surface area (Å²) in [6.45, 7) is 18.4. The molecule has 6 atom stereocenters. The molecule has 3 fully saturated rings. The van der Waals surface area contributed by atoms with E-state index in [1.807, 2.05) is 34.6 Å². The van der Waals surface area contributed by atoms with Crippen LogP contribution >= 0.6 is 0 Å². The largest absolute Gasteiger partial charge is 0.363 e. The summed E-state index contributed by atoms with van der Waals surface area (Å²) in [5, 5.41) is 8.42. The lowest BCUT2D eigenvalue weighted by molar-refractivity contribution is -0.159. The molecule has 3 rings (SSSR count). The second-order valence-electron chi connectivity index (χ2n) is 15.9. The van der Waals surface area contributed by atoms with Crippen molar-refractivity contribution in [1.29, 1.82) is 0 Å². The Kier molecular flexibility index (Phi) is 12.2. The van der Waals surface area contributed by atoms with Crippen LogP contribution in [0.2, 0.25) is 0 Å². The van der Waals surface area contributed by atoms with Gasteiger partial charge < -0.3 is 31.3 Å². The minimum absolute atomic E-state index is 0.0715. The maximum Gasteiger partial charge on any atom is 0.315 e. The molecule has 0 aromatic heterocycles. The van der Waals surface area contributed by atoms with Crippen LogP contribution in [0, 0.1) is 34.5 Å². The molecule has 1 saturated carbocycles. The molecule has 268 valence electrons. The number of Topliss-reactive ketones (excluding diaryl/α,β-unsaturated/α-hetero) is 1. The number of nitrogens with zero attached hydrogens (tertiary/aromatic N) is 2. The van der Waals surface area contributed by atoms with Gasteiger partial charge in [0.1, 0.15) is 25.3 Å². The molecule has 2 heterocycles.